The van der Waals surface area contributed by atoms with Gasteiger partial charge < -0.3 is 5.32 Å². The number of rotatable bonds is 3. The van der Waals surface area contributed by atoms with Crippen molar-refractivity contribution in [3.8, 4) is 0 Å². The molecule has 1 amide bonds. The van der Waals surface area contributed by atoms with Crippen molar-refractivity contribution >= 4 is 34.9 Å². The molecule has 0 aliphatic carbocycles. The molecule has 2 rings (SSSR count). The topological polar surface area (TPSA) is 41.5 Å². The number of amides is 1. The zero-order valence-corrected chi connectivity index (χ0v) is 10.8. The van der Waals surface area contributed by atoms with E-state index in [1.807, 2.05) is 6.92 Å². The Morgan fingerprint density at radius 1 is 1.35 bits per heavy atom. The fraction of sp³-hybridized carbons (Fsp3) is 0.333. The summed E-state index contributed by atoms with van der Waals surface area (Å²) < 4.78 is 0. The SMILES string of the molecule is CCCC1N=C(c2ccc(Cl)c(Cl)c2)NC1=O. The molecule has 3 nitrogen and oxygen atoms in total. The number of aliphatic imine (C=N–C) groups is 1. The number of amidine groups is 1. The third-order valence-corrected chi connectivity index (χ3v) is 3.32. The molecule has 17 heavy (non-hydrogen) atoms. The van der Waals surface area contributed by atoms with Gasteiger partial charge in [-0.3, -0.25) is 9.79 Å². The van der Waals surface area contributed by atoms with Gasteiger partial charge in [0.25, 0.3) is 0 Å². The van der Waals surface area contributed by atoms with Crippen LogP contribution in [0.1, 0.15) is 25.3 Å². The molecule has 0 saturated carbocycles. The maximum atomic E-state index is 11.6. The minimum Gasteiger partial charge on any atom is -0.309 e. The van der Waals surface area contributed by atoms with Crippen LogP contribution in [0.2, 0.25) is 10.0 Å². The van der Waals surface area contributed by atoms with Crippen LogP contribution in [-0.4, -0.2) is 17.8 Å². The maximum absolute atomic E-state index is 11.6. The molecule has 1 atom stereocenters. The van der Waals surface area contributed by atoms with Gasteiger partial charge in [0.1, 0.15) is 11.9 Å². The molecule has 1 aliphatic rings. The van der Waals surface area contributed by atoms with E-state index in [-0.39, 0.29) is 11.9 Å². The highest BCUT2D eigenvalue weighted by atomic mass is 35.5. The Morgan fingerprint density at radius 2 is 2.12 bits per heavy atom. The van der Waals surface area contributed by atoms with E-state index in [1.165, 1.54) is 0 Å². The molecular formula is C12H12Cl2N2O. The molecule has 1 aromatic carbocycles. The van der Waals surface area contributed by atoms with Crippen LogP contribution in [0.15, 0.2) is 23.2 Å². The molecule has 1 unspecified atom stereocenters. The zero-order chi connectivity index (χ0) is 12.4. The second kappa shape index (κ2) is 5.07. The molecule has 0 radical (unpaired) electrons. The average Bonchev–Trinajstić information content (AvgIpc) is 2.65. The highest BCUT2D eigenvalue weighted by molar-refractivity contribution is 6.42. The summed E-state index contributed by atoms with van der Waals surface area (Å²) in [4.78, 5) is 16.0. The fourth-order valence-electron chi connectivity index (χ4n) is 1.71. The predicted molar refractivity (Wildman–Crippen MR) is 69.8 cm³/mol. The average molecular weight is 271 g/mol. The van der Waals surface area contributed by atoms with Crippen LogP contribution in [-0.2, 0) is 4.79 Å². The van der Waals surface area contributed by atoms with Gasteiger partial charge in [0.05, 0.1) is 10.0 Å². The summed E-state index contributed by atoms with van der Waals surface area (Å²) in [5.74, 6) is 0.528. The van der Waals surface area contributed by atoms with E-state index < -0.39 is 0 Å². The first-order valence-corrected chi connectivity index (χ1v) is 6.21. The second-order valence-electron chi connectivity index (χ2n) is 3.90. The van der Waals surface area contributed by atoms with E-state index in [2.05, 4.69) is 10.3 Å². The first-order chi connectivity index (χ1) is 8.11. The maximum Gasteiger partial charge on any atom is 0.250 e. The Labute approximate surface area is 110 Å². The van der Waals surface area contributed by atoms with E-state index in [4.69, 9.17) is 23.2 Å². The van der Waals surface area contributed by atoms with Crippen LogP contribution in [0, 0.1) is 0 Å². The molecular weight excluding hydrogens is 259 g/mol. The van der Waals surface area contributed by atoms with Gasteiger partial charge >= 0.3 is 0 Å². The summed E-state index contributed by atoms with van der Waals surface area (Å²) in [7, 11) is 0. The van der Waals surface area contributed by atoms with Crippen LogP contribution in [0.3, 0.4) is 0 Å². The van der Waals surface area contributed by atoms with Crippen molar-refractivity contribution in [2.24, 2.45) is 4.99 Å². The van der Waals surface area contributed by atoms with Gasteiger partial charge in [-0.1, -0.05) is 36.5 Å². The van der Waals surface area contributed by atoms with E-state index >= 15 is 0 Å². The van der Waals surface area contributed by atoms with Gasteiger partial charge in [0, 0.05) is 5.56 Å². The van der Waals surface area contributed by atoms with Crippen LogP contribution in [0.5, 0.6) is 0 Å². The van der Waals surface area contributed by atoms with Gasteiger partial charge in [-0.25, -0.2) is 0 Å². The number of nitrogens with one attached hydrogen (secondary N) is 1. The summed E-state index contributed by atoms with van der Waals surface area (Å²) in [5.41, 5.74) is 0.784. The van der Waals surface area contributed by atoms with E-state index in [9.17, 15) is 4.79 Å². The van der Waals surface area contributed by atoms with Crippen molar-refractivity contribution in [1.82, 2.24) is 5.32 Å². The summed E-state index contributed by atoms with van der Waals surface area (Å²) in [6.45, 7) is 2.03. The number of halogens is 2. The van der Waals surface area contributed by atoms with Gasteiger partial charge in [-0.05, 0) is 24.6 Å². The number of nitrogens with zero attached hydrogens (tertiary/aromatic N) is 1. The van der Waals surface area contributed by atoms with Crippen molar-refractivity contribution in [3.05, 3.63) is 33.8 Å². The lowest BCUT2D eigenvalue weighted by Gasteiger charge is -2.02. The number of carbonyl (C=O) groups is 1. The van der Waals surface area contributed by atoms with Gasteiger partial charge in [0.2, 0.25) is 5.91 Å². The molecule has 1 aromatic rings. The third kappa shape index (κ3) is 2.61. The summed E-state index contributed by atoms with van der Waals surface area (Å²) in [6.07, 6.45) is 1.69. The number of carbonyl (C=O) groups excluding carboxylic acids is 1. The standard InChI is InChI=1S/C12H12Cl2N2O/c1-2-3-10-12(17)16-11(15-10)7-4-5-8(13)9(14)6-7/h4-6,10H,2-3H2,1H3,(H,15,16,17). The molecule has 1 N–H and O–H groups in total. The van der Waals surface area contributed by atoms with Crippen molar-refractivity contribution in [2.45, 2.75) is 25.8 Å². The molecule has 1 heterocycles. The monoisotopic (exact) mass is 270 g/mol. The van der Waals surface area contributed by atoms with Crippen molar-refractivity contribution < 1.29 is 4.79 Å². The Balaban J connectivity index is 2.26. The van der Waals surface area contributed by atoms with Crippen LogP contribution in [0.4, 0.5) is 0 Å². The molecule has 0 spiro atoms. The quantitative estimate of drug-likeness (QED) is 0.902. The lowest BCUT2D eigenvalue weighted by Crippen LogP contribution is -2.29. The Kier molecular flexibility index (Phi) is 3.69. The molecule has 0 bridgehead atoms. The summed E-state index contributed by atoms with van der Waals surface area (Å²) in [5, 5.41) is 3.71. The lowest BCUT2D eigenvalue weighted by molar-refractivity contribution is -0.120. The molecule has 0 saturated heterocycles. The highest BCUT2D eigenvalue weighted by Crippen LogP contribution is 2.23. The molecule has 0 fully saturated rings. The van der Waals surface area contributed by atoms with Gasteiger partial charge in [-0.2, -0.15) is 0 Å². The zero-order valence-electron chi connectivity index (χ0n) is 9.34. The van der Waals surface area contributed by atoms with E-state index in [1.54, 1.807) is 18.2 Å². The minimum atomic E-state index is -0.274. The first kappa shape index (κ1) is 12.4. The smallest absolute Gasteiger partial charge is 0.250 e. The van der Waals surface area contributed by atoms with Crippen molar-refractivity contribution in [3.63, 3.8) is 0 Å². The summed E-state index contributed by atoms with van der Waals surface area (Å²) in [6, 6.07) is 4.92. The Morgan fingerprint density at radius 3 is 2.76 bits per heavy atom. The normalized spacial score (nSPS) is 19.1. The van der Waals surface area contributed by atoms with Gasteiger partial charge in [0.15, 0.2) is 0 Å². The molecule has 5 heteroatoms. The van der Waals surface area contributed by atoms with E-state index in [0.717, 1.165) is 18.4 Å². The summed E-state index contributed by atoms with van der Waals surface area (Å²) >= 11 is 11.8. The molecule has 1 aliphatic heterocycles. The number of benzene rings is 1. The lowest BCUT2D eigenvalue weighted by atomic mass is 10.2. The molecule has 0 aromatic heterocycles. The van der Waals surface area contributed by atoms with E-state index in [0.29, 0.717) is 15.9 Å². The van der Waals surface area contributed by atoms with Crippen LogP contribution >= 0.6 is 23.2 Å². The third-order valence-electron chi connectivity index (χ3n) is 2.58. The second-order valence-corrected chi connectivity index (χ2v) is 4.71. The van der Waals surface area contributed by atoms with Gasteiger partial charge in [-0.15, -0.1) is 0 Å². The van der Waals surface area contributed by atoms with Crippen LogP contribution in [0.25, 0.3) is 0 Å². The number of hydrogen-bond donors (Lipinski definition) is 1. The minimum absolute atomic E-state index is 0.0482. The Bertz CT molecular complexity index is 485. The predicted octanol–water partition coefficient (Wildman–Crippen LogP) is 3.04. The van der Waals surface area contributed by atoms with Crippen molar-refractivity contribution in [1.29, 1.82) is 0 Å². The fourth-order valence-corrected chi connectivity index (χ4v) is 2.00. The Hall–Kier alpha value is -1.06. The molecule has 90 valence electrons. The largest absolute Gasteiger partial charge is 0.309 e. The van der Waals surface area contributed by atoms with Crippen LogP contribution < -0.4 is 5.32 Å². The number of hydrogen-bond acceptors (Lipinski definition) is 2. The first-order valence-electron chi connectivity index (χ1n) is 5.46. The van der Waals surface area contributed by atoms with Crippen molar-refractivity contribution in [2.75, 3.05) is 0 Å². The highest BCUT2D eigenvalue weighted by Gasteiger charge is 2.26.